The van der Waals surface area contributed by atoms with E-state index in [9.17, 15) is 19.8 Å². The molecule has 2 N–H and O–H groups in total. The van der Waals surface area contributed by atoms with Gasteiger partial charge < -0.3 is 10.2 Å². The van der Waals surface area contributed by atoms with Crippen LogP contribution in [0, 0.1) is 34.5 Å². The van der Waals surface area contributed by atoms with Gasteiger partial charge in [0.1, 0.15) is 12.2 Å². The fraction of sp³-hybridized carbons (Fsp3) is 0.727. The lowest BCUT2D eigenvalue weighted by Crippen LogP contribution is -2.59. The standard InChI is InChI=1S/C22H30O4/c1-13-10-18-16-5-4-14-11-15(24)6-8-20(14,2)17(16)7-9-21(18,3)22(13,26)19(25)12-23/h6,8,11,13,16-18,23,26H,4-5,7,9-10,12H2,1-3H3. The van der Waals surface area contributed by atoms with Gasteiger partial charge in [-0.2, -0.15) is 0 Å². The van der Waals surface area contributed by atoms with E-state index in [1.807, 2.05) is 13.0 Å². The Bertz CT molecular complexity index is 722. The van der Waals surface area contributed by atoms with E-state index >= 15 is 0 Å². The van der Waals surface area contributed by atoms with Gasteiger partial charge in [0.2, 0.25) is 0 Å². The number of carbonyl (C=O) groups is 2. The molecule has 4 rings (SSSR count). The maximum Gasteiger partial charge on any atom is 0.190 e. The van der Waals surface area contributed by atoms with Gasteiger partial charge in [-0.25, -0.2) is 0 Å². The van der Waals surface area contributed by atoms with Crippen LogP contribution in [0.15, 0.2) is 23.8 Å². The second-order valence-electron chi connectivity index (χ2n) is 9.54. The van der Waals surface area contributed by atoms with Crippen molar-refractivity contribution in [3.8, 4) is 0 Å². The summed E-state index contributed by atoms with van der Waals surface area (Å²) < 4.78 is 0. The lowest BCUT2D eigenvalue weighted by atomic mass is 9.47. The lowest BCUT2D eigenvalue weighted by molar-refractivity contribution is -0.169. The van der Waals surface area contributed by atoms with Crippen LogP contribution in [0.25, 0.3) is 0 Å². The van der Waals surface area contributed by atoms with Gasteiger partial charge in [0, 0.05) is 10.8 Å². The molecule has 0 aromatic heterocycles. The first-order chi connectivity index (χ1) is 12.2. The van der Waals surface area contributed by atoms with Crippen LogP contribution >= 0.6 is 0 Å². The first-order valence-corrected chi connectivity index (χ1v) is 9.99. The number of carbonyl (C=O) groups excluding carboxylic acids is 2. The van der Waals surface area contributed by atoms with Crippen LogP contribution in [0.4, 0.5) is 0 Å². The first-order valence-electron chi connectivity index (χ1n) is 9.99. The number of allylic oxidation sites excluding steroid dienone is 4. The van der Waals surface area contributed by atoms with E-state index < -0.39 is 23.4 Å². The molecular formula is C22H30O4. The van der Waals surface area contributed by atoms with Crippen LogP contribution in [0.5, 0.6) is 0 Å². The SMILES string of the molecule is CC1CC2C3CCC4=CC(=O)C=CC4(C)C3CCC2(C)C1(O)C(=O)CO. The predicted octanol–water partition coefficient (Wildman–Crippen LogP) is 2.83. The Morgan fingerprint density at radius 3 is 2.69 bits per heavy atom. The summed E-state index contributed by atoms with van der Waals surface area (Å²) in [5.41, 5.74) is -0.725. The van der Waals surface area contributed by atoms with Gasteiger partial charge in [-0.1, -0.05) is 32.4 Å². The molecule has 4 aliphatic rings. The molecule has 3 saturated carbocycles. The normalized spacial score (nSPS) is 49.9. The Kier molecular flexibility index (Phi) is 3.92. The van der Waals surface area contributed by atoms with Crippen molar-refractivity contribution in [2.75, 3.05) is 6.61 Å². The van der Waals surface area contributed by atoms with Crippen molar-refractivity contribution in [1.82, 2.24) is 0 Å². The minimum absolute atomic E-state index is 0.0803. The van der Waals surface area contributed by atoms with Crippen LogP contribution in [0.3, 0.4) is 0 Å². The van der Waals surface area contributed by atoms with Gasteiger partial charge in [-0.3, -0.25) is 9.59 Å². The maximum atomic E-state index is 12.5. The van der Waals surface area contributed by atoms with E-state index in [0.29, 0.717) is 11.8 Å². The molecule has 7 atom stereocenters. The second-order valence-corrected chi connectivity index (χ2v) is 9.54. The summed E-state index contributed by atoms with van der Waals surface area (Å²) in [6.07, 6.45) is 10.1. The van der Waals surface area contributed by atoms with Crippen molar-refractivity contribution in [2.45, 2.75) is 58.5 Å². The summed E-state index contributed by atoms with van der Waals surface area (Å²) in [5, 5.41) is 20.9. The van der Waals surface area contributed by atoms with Gasteiger partial charge in [0.15, 0.2) is 11.6 Å². The number of fused-ring (bicyclic) bond motifs is 5. The zero-order valence-corrected chi connectivity index (χ0v) is 16.0. The lowest BCUT2D eigenvalue weighted by Gasteiger charge is -2.58. The molecule has 3 fully saturated rings. The van der Waals surface area contributed by atoms with Crippen molar-refractivity contribution in [3.63, 3.8) is 0 Å². The van der Waals surface area contributed by atoms with Gasteiger partial charge in [-0.05, 0) is 67.9 Å². The maximum absolute atomic E-state index is 12.5. The number of hydrogen-bond acceptors (Lipinski definition) is 4. The average Bonchev–Trinajstić information content (AvgIpc) is 2.83. The van der Waals surface area contributed by atoms with E-state index in [2.05, 4.69) is 19.9 Å². The zero-order chi connectivity index (χ0) is 18.9. The van der Waals surface area contributed by atoms with Crippen LogP contribution in [0.1, 0.15) is 52.9 Å². The van der Waals surface area contributed by atoms with Crippen molar-refractivity contribution < 1.29 is 19.8 Å². The molecule has 0 saturated heterocycles. The number of aliphatic hydroxyl groups is 2. The molecule has 4 nitrogen and oxygen atoms in total. The molecule has 4 heteroatoms. The molecule has 0 spiro atoms. The third-order valence-electron chi connectivity index (χ3n) is 8.71. The Morgan fingerprint density at radius 2 is 2.00 bits per heavy atom. The predicted molar refractivity (Wildman–Crippen MR) is 98.2 cm³/mol. The van der Waals surface area contributed by atoms with Gasteiger partial charge >= 0.3 is 0 Å². The fourth-order valence-electron chi connectivity index (χ4n) is 7.25. The summed E-state index contributed by atoms with van der Waals surface area (Å²) in [7, 11) is 0. The largest absolute Gasteiger partial charge is 0.388 e. The Labute approximate surface area is 155 Å². The third kappa shape index (κ3) is 2.03. The van der Waals surface area contributed by atoms with E-state index in [0.717, 1.165) is 32.1 Å². The Hall–Kier alpha value is -1.26. The highest BCUT2D eigenvalue weighted by atomic mass is 16.3. The second kappa shape index (κ2) is 5.62. The van der Waals surface area contributed by atoms with Crippen molar-refractivity contribution >= 4 is 11.6 Å². The third-order valence-corrected chi connectivity index (χ3v) is 8.71. The summed E-state index contributed by atoms with van der Waals surface area (Å²) in [5.74, 6) is 0.707. The minimum Gasteiger partial charge on any atom is -0.388 e. The Balaban J connectivity index is 1.72. The molecule has 7 unspecified atom stereocenters. The number of ketones is 2. The molecule has 0 heterocycles. The monoisotopic (exact) mass is 358 g/mol. The van der Waals surface area contributed by atoms with Gasteiger partial charge in [0.25, 0.3) is 0 Å². The molecular weight excluding hydrogens is 328 g/mol. The van der Waals surface area contributed by atoms with Crippen LogP contribution < -0.4 is 0 Å². The van der Waals surface area contributed by atoms with E-state index in [1.165, 1.54) is 5.57 Å². The number of Topliss-reactive ketones (excluding diaryl/α,β-unsaturated/α-hetero) is 1. The van der Waals surface area contributed by atoms with Crippen LogP contribution in [0.2, 0.25) is 0 Å². The quantitative estimate of drug-likeness (QED) is 0.796. The Morgan fingerprint density at radius 1 is 1.27 bits per heavy atom. The molecule has 0 aromatic carbocycles. The van der Waals surface area contributed by atoms with Crippen LogP contribution in [-0.2, 0) is 9.59 Å². The molecule has 0 aliphatic heterocycles. The highest BCUT2D eigenvalue weighted by Crippen LogP contribution is 2.68. The van der Waals surface area contributed by atoms with E-state index in [4.69, 9.17) is 0 Å². The van der Waals surface area contributed by atoms with Gasteiger partial charge in [0.05, 0.1) is 0 Å². The molecule has 4 aliphatic carbocycles. The fourth-order valence-corrected chi connectivity index (χ4v) is 7.25. The summed E-state index contributed by atoms with van der Waals surface area (Å²) in [6.45, 7) is 5.69. The molecule has 0 radical (unpaired) electrons. The highest BCUT2D eigenvalue weighted by Gasteiger charge is 2.68. The summed E-state index contributed by atoms with van der Waals surface area (Å²) in [6, 6.07) is 0. The van der Waals surface area contributed by atoms with Crippen molar-refractivity contribution in [3.05, 3.63) is 23.8 Å². The number of aliphatic hydroxyl groups excluding tert-OH is 1. The van der Waals surface area contributed by atoms with Crippen molar-refractivity contribution in [2.24, 2.45) is 34.5 Å². The van der Waals surface area contributed by atoms with E-state index in [1.54, 1.807) is 6.08 Å². The zero-order valence-electron chi connectivity index (χ0n) is 16.0. The molecule has 0 amide bonds. The average molecular weight is 358 g/mol. The van der Waals surface area contributed by atoms with Crippen molar-refractivity contribution in [1.29, 1.82) is 0 Å². The summed E-state index contributed by atoms with van der Waals surface area (Å²) in [4.78, 5) is 24.4. The smallest absolute Gasteiger partial charge is 0.190 e. The summed E-state index contributed by atoms with van der Waals surface area (Å²) >= 11 is 0. The number of rotatable bonds is 2. The van der Waals surface area contributed by atoms with E-state index in [-0.39, 0.29) is 23.0 Å². The minimum atomic E-state index is -1.42. The highest BCUT2D eigenvalue weighted by molar-refractivity contribution is 6.01. The van der Waals surface area contributed by atoms with Gasteiger partial charge in [-0.15, -0.1) is 0 Å². The molecule has 26 heavy (non-hydrogen) atoms. The topological polar surface area (TPSA) is 74.6 Å². The molecule has 0 aromatic rings. The molecule has 0 bridgehead atoms. The van der Waals surface area contributed by atoms with Crippen LogP contribution in [-0.4, -0.2) is 34.0 Å². The molecule has 142 valence electrons. The first kappa shape index (κ1) is 18.1. The number of hydrogen-bond donors (Lipinski definition) is 2.